The van der Waals surface area contributed by atoms with Crippen LogP contribution in [0, 0.1) is 13.8 Å². The number of amides is 1. The lowest BCUT2D eigenvalue weighted by Crippen LogP contribution is -2.12. The van der Waals surface area contributed by atoms with Crippen LogP contribution < -0.4 is 14.8 Å². The highest BCUT2D eigenvalue weighted by Gasteiger charge is 2.18. The number of hydrogen-bond donors (Lipinski definition) is 1. The molecule has 0 fully saturated rings. The second-order valence-corrected chi connectivity index (χ2v) is 7.35. The Morgan fingerprint density at radius 2 is 1.81 bits per heavy atom. The van der Waals surface area contributed by atoms with Crippen LogP contribution in [-0.4, -0.2) is 25.1 Å². The first kappa shape index (κ1) is 19.2. The maximum atomic E-state index is 12.7. The van der Waals surface area contributed by atoms with Crippen molar-refractivity contribution < 1.29 is 14.3 Å². The van der Waals surface area contributed by atoms with Gasteiger partial charge in [0.2, 0.25) is 0 Å². The normalized spacial score (nSPS) is 10.6. The van der Waals surface area contributed by atoms with Crippen LogP contribution in [0.5, 0.6) is 11.5 Å². The molecule has 0 aliphatic carbocycles. The predicted molar refractivity (Wildman–Crippen MR) is 110 cm³/mol. The molecule has 3 aromatic rings. The van der Waals surface area contributed by atoms with E-state index in [4.69, 9.17) is 21.1 Å². The third-order valence-electron chi connectivity index (χ3n) is 4.07. The third kappa shape index (κ3) is 4.07. The van der Waals surface area contributed by atoms with Crippen molar-refractivity contribution in [2.75, 3.05) is 19.5 Å². The largest absolute Gasteiger partial charge is 0.493 e. The van der Waals surface area contributed by atoms with Gasteiger partial charge >= 0.3 is 0 Å². The monoisotopic (exact) mass is 402 g/mol. The van der Waals surface area contributed by atoms with Crippen LogP contribution in [0.1, 0.15) is 20.9 Å². The van der Waals surface area contributed by atoms with Gasteiger partial charge in [-0.3, -0.25) is 4.79 Å². The Balaban J connectivity index is 1.89. The fraction of sp³-hybridized carbons (Fsp3) is 0.200. The molecule has 2 aromatic carbocycles. The predicted octanol–water partition coefficient (Wildman–Crippen LogP) is 5.35. The quantitative estimate of drug-likeness (QED) is 0.624. The minimum atomic E-state index is -0.192. The topological polar surface area (TPSA) is 60.5 Å². The Morgan fingerprint density at radius 3 is 2.48 bits per heavy atom. The number of halogens is 1. The molecule has 7 heteroatoms. The number of nitrogens with one attached hydrogen (secondary N) is 1. The molecule has 0 spiro atoms. The Labute approximate surface area is 166 Å². The molecule has 1 amide bonds. The summed E-state index contributed by atoms with van der Waals surface area (Å²) in [5, 5.41) is 4.30. The lowest BCUT2D eigenvalue weighted by molar-refractivity contribution is 0.102. The van der Waals surface area contributed by atoms with E-state index in [0.29, 0.717) is 27.1 Å². The number of methoxy groups -OCH3 is 2. The molecule has 0 radical (unpaired) electrons. The maximum Gasteiger partial charge on any atom is 0.267 e. The van der Waals surface area contributed by atoms with Crippen molar-refractivity contribution in [3.05, 3.63) is 57.6 Å². The molecule has 0 aliphatic rings. The van der Waals surface area contributed by atoms with Crippen molar-refractivity contribution in [1.82, 2.24) is 4.98 Å². The zero-order valence-corrected chi connectivity index (χ0v) is 17.0. The molecule has 3 rings (SSSR count). The van der Waals surface area contributed by atoms with Crippen LogP contribution >= 0.6 is 22.9 Å². The van der Waals surface area contributed by atoms with E-state index in [1.165, 1.54) is 11.3 Å². The van der Waals surface area contributed by atoms with Crippen LogP contribution in [0.3, 0.4) is 0 Å². The van der Waals surface area contributed by atoms with Gasteiger partial charge in [0.25, 0.3) is 5.91 Å². The number of benzene rings is 2. The molecule has 1 heterocycles. The summed E-state index contributed by atoms with van der Waals surface area (Å²) in [6.07, 6.45) is 0. The fourth-order valence-corrected chi connectivity index (χ4v) is 3.83. The van der Waals surface area contributed by atoms with Crippen molar-refractivity contribution >= 4 is 34.5 Å². The summed E-state index contributed by atoms with van der Waals surface area (Å²) in [6, 6.07) is 10.9. The first-order chi connectivity index (χ1) is 12.9. The number of anilines is 1. The highest BCUT2D eigenvalue weighted by atomic mass is 35.5. The average Bonchev–Trinajstić information content (AvgIpc) is 3.05. The molecule has 0 atom stereocenters. The number of aromatic nitrogens is 1. The number of rotatable bonds is 5. The van der Waals surface area contributed by atoms with Gasteiger partial charge < -0.3 is 14.8 Å². The van der Waals surface area contributed by atoms with Gasteiger partial charge in [0.1, 0.15) is 9.88 Å². The lowest BCUT2D eigenvalue weighted by atomic mass is 10.2. The van der Waals surface area contributed by atoms with Crippen molar-refractivity contribution in [3.8, 4) is 22.1 Å². The van der Waals surface area contributed by atoms with Gasteiger partial charge in [-0.15, -0.1) is 11.3 Å². The first-order valence-electron chi connectivity index (χ1n) is 8.20. The number of carbonyl (C=O) groups excluding carboxylic acids is 1. The number of nitrogens with zero attached hydrogens (tertiary/aromatic N) is 1. The number of carbonyl (C=O) groups is 1. The summed E-state index contributed by atoms with van der Waals surface area (Å²) in [4.78, 5) is 17.8. The van der Waals surface area contributed by atoms with Crippen LogP contribution in [-0.2, 0) is 0 Å². The molecule has 1 N–H and O–H groups in total. The second kappa shape index (κ2) is 7.98. The number of aryl methyl sites for hydroxylation is 2. The van der Waals surface area contributed by atoms with Gasteiger partial charge in [0.05, 0.1) is 19.9 Å². The molecule has 0 bridgehead atoms. The molecule has 0 saturated heterocycles. The Morgan fingerprint density at radius 1 is 1.07 bits per heavy atom. The standard InChI is InChI=1S/C20H19ClN2O3S/c1-11-9-14(21)6-7-15(11)23-19(24)18-12(2)22-20(27-18)13-5-8-16(25-3)17(10-13)26-4/h5-10H,1-4H3,(H,23,24). The number of hydrogen-bond acceptors (Lipinski definition) is 5. The summed E-state index contributed by atoms with van der Waals surface area (Å²) < 4.78 is 10.6. The zero-order chi connectivity index (χ0) is 19.6. The Hall–Kier alpha value is -2.57. The fourth-order valence-electron chi connectivity index (χ4n) is 2.65. The first-order valence-corrected chi connectivity index (χ1v) is 9.39. The van der Waals surface area contributed by atoms with Crippen LogP contribution in [0.15, 0.2) is 36.4 Å². The molecular weight excluding hydrogens is 384 g/mol. The smallest absolute Gasteiger partial charge is 0.267 e. The summed E-state index contributed by atoms with van der Waals surface area (Å²) in [6.45, 7) is 3.72. The van der Waals surface area contributed by atoms with Crippen molar-refractivity contribution in [3.63, 3.8) is 0 Å². The summed E-state index contributed by atoms with van der Waals surface area (Å²) >= 11 is 7.31. The van der Waals surface area contributed by atoms with E-state index in [1.54, 1.807) is 26.4 Å². The summed E-state index contributed by atoms with van der Waals surface area (Å²) in [7, 11) is 3.17. The summed E-state index contributed by atoms with van der Waals surface area (Å²) in [5.41, 5.74) is 3.17. The lowest BCUT2D eigenvalue weighted by Gasteiger charge is -2.08. The zero-order valence-electron chi connectivity index (χ0n) is 15.4. The molecule has 0 aliphatic heterocycles. The average molecular weight is 403 g/mol. The van der Waals surface area contributed by atoms with Crippen molar-refractivity contribution in [1.29, 1.82) is 0 Å². The van der Waals surface area contributed by atoms with Gasteiger partial charge in [-0.05, 0) is 55.8 Å². The van der Waals surface area contributed by atoms with Crippen LogP contribution in [0.25, 0.3) is 10.6 Å². The van der Waals surface area contributed by atoms with E-state index in [9.17, 15) is 4.79 Å². The van der Waals surface area contributed by atoms with Crippen molar-refractivity contribution in [2.45, 2.75) is 13.8 Å². The molecule has 5 nitrogen and oxygen atoms in total. The van der Waals surface area contributed by atoms with Crippen LogP contribution in [0.4, 0.5) is 5.69 Å². The van der Waals surface area contributed by atoms with E-state index in [2.05, 4.69) is 10.3 Å². The maximum absolute atomic E-state index is 12.7. The van der Waals surface area contributed by atoms with Crippen molar-refractivity contribution in [2.24, 2.45) is 0 Å². The molecular formula is C20H19ClN2O3S. The molecule has 0 unspecified atom stereocenters. The SMILES string of the molecule is COc1ccc(-c2nc(C)c(C(=O)Nc3ccc(Cl)cc3C)s2)cc1OC. The molecule has 27 heavy (non-hydrogen) atoms. The van der Waals surface area contributed by atoms with E-state index >= 15 is 0 Å². The summed E-state index contributed by atoms with van der Waals surface area (Å²) in [5.74, 6) is 1.07. The van der Waals surface area contributed by atoms with Crippen LogP contribution in [0.2, 0.25) is 5.02 Å². The van der Waals surface area contributed by atoms with Gasteiger partial charge in [-0.1, -0.05) is 11.6 Å². The Kier molecular flexibility index (Phi) is 5.68. The minimum Gasteiger partial charge on any atom is -0.493 e. The number of thiazole rings is 1. The highest BCUT2D eigenvalue weighted by molar-refractivity contribution is 7.17. The van der Waals surface area contributed by atoms with E-state index in [1.807, 2.05) is 38.1 Å². The van der Waals surface area contributed by atoms with Gasteiger partial charge in [-0.25, -0.2) is 4.98 Å². The molecule has 0 saturated carbocycles. The second-order valence-electron chi connectivity index (χ2n) is 5.92. The van der Waals surface area contributed by atoms with Gasteiger partial charge in [-0.2, -0.15) is 0 Å². The van der Waals surface area contributed by atoms with Gasteiger partial charge in [0, 0.05) is 16.3 Å². The molecule has 1 aromatic heterocycles. The number of ether oxygens (including phenoxy) is 2. The van der Waals surface area contributed by atoms with Gasteiger partial charge in [0.15, 0.2) is 11.5 Å². The van der Waals surface area contributed by atoms with E-state index < -0.39 is 0 Å². The third-order valence-corrected chi connectivity index (χ3v) is 5.51. The van der Waals surface area contributed by atoms with E-state index in [0.717, 1.165) is 21.8 Å². The Bertz CT molecular complexity index is 1000. The van der Waals surface area contributed by atoms with E-state index in [-0.39, 0.29) is 5.91 Å². The highest BCUT2D eigenvalue weighted by Crippen LogP contribution is 2.35. The molecule has 140 valence electrons. The minimum absolute atomic E-state index is 0.192.